The highest BCUT2D eigenvalue weighted by molar-refractivity contribution is 5.94. The summed E-state index contributed by atoms with van der Waals surface area (Å²) in [5.41, 5.74) is 0.660. The number of carbonyl (C=O) groups excluding carboxylic acids is 2. The van der Waals surface area contributed by atoms with Gasteiger partial charge in [-0.3, -0.25) is 9.59 Å². The Labute approximate surface area is 112 Å². The van der Waals surface area contributed by atoms with Crippen LogP contribution in [0.25, 0.3) is 0 Å². The van der Waals surface area contributed by atoms with Crippen molar-refractivity contribution >= 4 is 17.5 Å². The first-order valence-corrected chi connectivity index (χ1v) is 5.87. The van der Waals surface area contributed by atoms with E-state index < -0.39 is 0 Å². The molecule has 102 valence electrons. The second kappa shape index (κ2) is 7.20. The highest BCUT2D eigenvalue weighted by Gasteiger charge is 2.12. The molecule has 0 aliphatic rings. The van der Waals surface area contributed by atoms with Crippen LogP contribution >= 0.6 is 0 Å². The van der Waals surface area contributed by atoms with Crippen LogP contribution in [0.2, 0.25) is 0 Å². The molecule has 0 saturated heterocycles. The predicted molar refractivity (Wildman–Crippen MR) is 74.1 cm³/mol. The first kappa shape index (κ1) is 14.8. The summed E-state index contributed by atoms with van der Waals surface area (Å²) in [6.07, 6.45) is 1.59. The number of anilines is 1. The molecule has 0 fully saturated rings. The van der Waals surface area contributed by atoms with Crippen LogP contribution in [0.3, 0.4) is 0 Å². The summed E-state index contributed by atoms with van der Waals surface area (Å²) in [4.78, 5) is 24.5. The van der Waals surface area contributed by atoms with Gasteiger partial charge in [-0.15, -0.1) is 6.58 Å². The Kier molecular flexibility index (Phi) is 5.60. The van der Waals surface area contributed by atoms with Crippen LogP contribution in [-0.2, 0) is 9.59 Å². The van der Waals surface area contributed by atoms with E-state index in [0.29, 0.717) is 12.2 Å². The van der Waals surface area contributed by atoms with Crippen molar-refractivity contribution in [1.82, 2.24) is 4.90 Å². The highest BCUT2D eigenvalue weighted by Crippen LogP contribution is 2.14. The van der Waals surface area contributed by atoms with Gasteiger partial charge in [-0.25, -0.2) is 0 Å². The zero-order chi connectivity index (χ0) is 14.3. The summed E-state index contributed by atoms with van der Waals surface area (Å²) in [7, 11) is 1.58. The molecule has 0 aliphatic heterocycles. The fraction of sp³-hybridized carbons (Fsp3) is 0.286. The first-order valence-electron chi connectivity index (χ1n) is 5.87. The quantitative estimate of drug-likeness (QED) is 0.793. The van der Waals surface area contributed by atoms with E-state index in [4.69, 9.17) is 4.74 Å². The van der Waals surface area contributed by atoms with Crippen LogP contribution in [0.15, 0.2) is 36.9 Å². The van der Waals surface area contributed by atoms with Gasteiger partial charge in [0.15, 0.2) is 0 Å². The van der Waals surface area contributed by atoms with Crippen molar-refractivity contribution in [1.29, 1.82) is 0 Å². The Morgan fingerprint density at radius 3 is 2.47 bits per heavy atom. The molecular formula is C14H18N2O3. The van der Waals surface area contributed by atoms with Gasteiger partial charge >= 0.3 is 0 Å². The Hall–Kier alpha value is -2.30. The van der Waals surface area contributed by atoms with Crippen molar-refractivity contribution < 1.29 is 14.3 Å². The van der Waals surface area contributed by atoms with E-state index in [9.17, 15) is 9.59 Å². The number of carbonyl (C=O) groups is 2. The molecule has 1 N–H and O–H groups in total. The summed E-state index contributed by atoms with van der Waals surface area (Å²) in [5.74, 6) is 0.307. The number of benzene rings is 1. The van der Waals surface area contributed by atoms with Gasteiger partial charge in [0.2, 0.25) is 11.8 Å². The maximum absolute atomic E-state index is 11.8. The molecule has 5 nitrogen and oxygen atoms in total. The van der Waals surface area contributed by atoms with Gasteiger partial charge in [-0.2, -0.15) is 0 Å². The van der Waals surface area contributed by atoms with Crippen LogP contribution in [0, 0.1) is 0 Å². The molecule has 1 rings (SSSR count). The number of nitrogens with one attached hydrogen (secondary N) is 1. The lowest BCUT2D eigenvalue weighted by Crippen LogP contribution is -2.36. The molecule has 0 heterocycles. The highest BCUT2D eigenvalue weighted by atomic mass is 16.5. The fourth-order valence-corrected chi connectivity index (χ4v) is 1.51. The molecule has 5 heteroatoms. The maximum atomic E-state index is 11.8. The van der Waals surface area contributed by atoms with Gasteiger partial charge in [-0.1, -0.05) is 6.08 Å². The van der Waals surface area contributed by atoms with Crippen LogP contribution in [0.1, 0.15) is 6.92 Å². The molecular weight excluding hydrogens is 244 g/mol. The summed E-state index contributed by atoms with van der Waals surface area (Å²) >= 11 is 0. The number of nitrogens with zero attached hydrogens (tertiary/aromatic N) is 1. The second-order valence-corrected chi connectivity index (χ2v) is 3.96. The number of methoxy groups -OCH3 is 1. The van der Waals surface area contributed by atoms with E-state index in [0.717, 1.165) is 5.75 Å². The first-order chi connectivity index (χ1) is 9.06. The minimum atomic E-state index is -0.248. The number of hydrogen-bond acceptors (Lipinski definition) is 3. The topological polar surface area (TPSA) is 58.6 Å². The average molecular weight is 262 g/mol. The summed E-state index contributed by atoms with van der Waals surface area (Å²) in [5, 5.41) is 2.71. The third kappa shape index (κ3) is 4.83. The molecule has 0 atom stereocenters. The molecule has 0 saturated carbocycles. The standard InChI is InChI=1S/C14H18N2O3/c1-4-9-16(11(2)17)10-14(18)15-12-5-7-13(19-3)8-6-12/h4-8H,1,9-10H2,2-3H3,(H,15,18). The van der Waals surface area contributed by atoms with Crippen molar-refractivity contribution in [2.24, 2.45) is 0 Å². The molecule has 0 spiro atoms. The smallest absolute Gasteiger partial charge is 0.244 e. The van der Waals surface area contributed by atoms with E-state index in [1.807, 2.05) is 0 Å². The third-order valence-corrected chi connectivity index (χ3v) is 2.50. The van der Waals surface area contributed by atoms with Gasteiger partial charge in [0.1, 0.15) is 12.3 Å². The van der Waals surface area contributed by atoms with Gasteiger partial charge in [0.05, 0.1) is 7.11 Å². The Bertz CT molecular complexity index is 454. The lowest BCUT2D eigenvalue weighted by Gasteiger charge is -2.18. The van der Waals surface area contributed by atoms with E-state index in [1.54, 1.807) is 37.5 Å². The summed E-state index contributed by atoms with van der Waals surface area (Å²) in [6.45, 7) is 5.33. The van der Waals surface area contributed by atoms with E-state index in [2.05, 4.69) is 11.9 Å². The fourth-order valence-electron chi connectivity index (χ4n) is 1.51. The molecule has 2 amide bonds. The molecule has 0 aliphatic carbocycles. The van der Waals surface area contributed by atoms with E-state index >= 15 is 0 Å². The lowest BCUT2D eigenvalue weighted by molar-refractivity contribution is -0.132. The van der Waals surface area contributed by atoms with Crippen LogP contribution in [0.4, 0.5) is 5.69 Å². The monoisotopic (exact) mass is 262 g/mol. The Morgan fingerprint density at radius 2 is 2.00 bits per heavy atom. The minimum Gasteiger partial charge on any atom is -0.497 e. The van der Waals surface area contributed by atoms with Crippen LogP contribution < -0.4 is 10.1 Å². The Morgan fingerprint density at radius 1 is 1.37 bits per heavy atom. The van der Waals surface area contributed by atoms with E-state index in [1.165, 1.54) is 11.8 Å². The number of ether oxygens (including phenoxy) is 1. The molecule has 0 radical (unpaired) electrons. The van der Waals surface area contributed by atoms with Crippen molar-refractivity contribution in [3.8, 4) is 5.75 Å². The molecule has 19 heavy (non-hydrogen) atoms. The average Bonchev–Trinajstić information content (AvgIpc) is 2.39. The molecule has 1 aromatic carbocycles. The van der Waals surface area contributed by atoms with Crippen molar-refractivity contribution in [3.05, 3.63) is 36.9 Å². The number of hydrogen-bond donors (Lipinski definition) is 1. The lowest BCUT2D eigenvalue weighted by atomic mass is 10.3. The SMILES string of the molecule is C=CCN(CC(=O)Nc1ccc(OC)cc1)C(C)=O. The van der Waals surface area contributed by atoms with Crippen molar-refractivity contribution in [2.75, 3.05) is 25.5 Å². The zero-order valence-electron chi connectivity index (χ0n) is 11.2. The minimum absolute atomic E-state index is 0.00732. The number of amides is 2. The molecule has 0 unspecified atom stereocenters. The number of rotatable bonds is 6. The van der Waals surface area contributed by atoms with Gasteiger partial charge in [0, 0.05) is 19.2 Å². The van der Waals surface area contributed by atoms with Crippen molar-refractivity contribution in [3.63, 3.8) is 0 Å². The van der Waals surface area contributed by atoms with Crippen molar-refractivity contribution in [2.45, 2.75) is 6.92 Å². The van der Waals surface area contributed by atoms with Gasteiger partial charge < -0.3 is 15.0 Å². The summed E-state index contributed by atoms with van der Waals surface area (Å²) in [6, 6.07) is 6.98. The largest absolute Gasteiger partial charge is 0.497 e. The zero-order valence-corrected chi connectivity index (χ0v) is 11.2. The van der Waals surface area contributed by atoms with Gasteiger partial charge in [-0.05, 0) is 24.3 Å². The van der Waals surface area contributed by atoms with Crippen LogP contribution in [0.5, 0.6) is 5.75 Å². The molecule has 0 bridgehead atoms. The predicted octanol–water partition coefficient (Wildman–Crippen LogP) is 1.67. The molecule has 1 aromatic rings. The summed E-state index contributed by atoms with van der Waals surface area (Å²) < 4.78 is 5.03. The normalized spacial score (nSPS) is 9.58. The molecule has 0 aromatic heterocycles. The van der Waals surface area contributed by atoms with Crippen LogP contribution in [-0.4, -0.2) is 36.9 Å². The second-order valence-electron chi connectivity index (χ2n) is 3.96. The maximum Gasteiger partial charge on any atom is 0.244 e. The van der Waals surface area contributed by atoms with E-state index in [-0.39, 0.29) is 18.4 Å². The Balaban J connectivity index is 2.57. The van der Waals surface area contributed by atoms with Gasteiger partial charge in [0.25, 0.3) is 0 Å². The third-order valence-electron chi connectivity index (χ3n) is 2.50.